The summed E-state index contributed by atoms with van der Waals surface area (Å²) in [5.74, 6) is -0.340. The van der Waals surface area contributed by atoms with Crippen molar-refractivity contribution in [2.75, 3.05) is 0 Å². The molecular weight excluding hydrogens is 492 g/mol. The lowest BCUT2D eigenvalue weighted by atomic mass is 10.00. The average Bonchev–Trinajstić information content (AvgIpc) is 2.46. The number of aromatic carboxylic acids is 1. The first-order chi connectivity index (χ1) is 10.5. The highest BCUT2D eigenvalue weighted by molar-refractivity contribution is 9.11. The number of amidine groups is 1. The second-order valence-corrected chi connectivity index (χ2v) is 6.88. The molecule has 1 aliphatic heterocycles. The summed E-state index contributed by atoms with van der Waals surface area (Å²) >= 11 is 6.80. The van der Waals surface area contributed by atoms with E-state index in [9.17, 15) is 9.90 Å². The second-order valence-electron chi connectivity index (χ2n) is 5.11. The minimum atomic E-state index is -0.983. The zero-order valence-corrected chi connectivity index (χ0v) is 16.7. The van der Waals surface area contributed by atoms with Crippen molar-refractivity contribution in [1.29, 1.82) is 0 Å². The number of carboxylic acid groups (broad SMARTS) is 1. The van der Waals surface area contributed by atoms with Crippen molar-refractivity contribution in [3.05, 3.63) is 62.0 Å². The molecular formula is C16H13Br3N2O2. The number of carboxylic acids is 1. The lowest BCUT2D eigenvalue weighted by molar-refractivity contribution is -0.463. The maximum atomic E-state index is 11.6. The Morgan fingerprint density at radius 3 is 2.48 bits per heavy atom. The maximum absolute atomic E-state index is 11.6. The molecule has 120 valence electrons. The van der Waals surface area contributed by atoms with Crippen molar-refractivity contribution in [3.63, 3.8) is 0 Å². The topological polar surface area (TPSA) is 66.3 Å². The van der Waals surface area contributed by atoms with E-state index in [-0.39, 0.29) is 22.5 Å². The van der Waals surface area contributed by atoms with Crippen LogP contribution in [-0.2, 0) is 13.0 Å². The minimum absolute atomic E-state index is 0. The maximum Gasteiger partial charge on any atom is 0.340 e. The van der Waals surface area contributed by atoms with Crippen LogP contribution in [0.4, 0.5) is 5.69 Å². The number of benzene rings is 2. The van der Waals surface area contributed by atoms with E-state index in [4.69, 9.17) is 5.73 Å². The number of hydrogen-bond acceptors (Lipinski definition) is 2. The van der Waals surface area contributed by atoms with Gasteiger partial charge in [0.15, 0.2) is 5.69 Å². The quantitative estimate of drug-likeness (QED) is 0.591. The van der Waals surface area contributed by atoms with Gasteiger partial charge in [0, 0.05) is 4.47 Å². The van der Waals surface area contributed by atoms with Crippen molar-refractivity contribution in [2.45, 2.75) is 13.0 Å². The third-order valence-electron chi connectivity index (χ3n) is 3.69. The Kier molecular flexibility index (Phi) is 5.65. The molecule has 0 atom stereocenters. The fourth-order valence-corrected chi connectivity index (χ4v) is 4.11. The number of rotatable bonds is 2. The van der Waals surface area contributed by atoms with E-state index in [1.807, 2.05) is 34.9 Å². The Hall–Kier alpha value is -1.18. The summed E-state index contributed by atoms with van der Waals surface area (Å²) in [5, 5.41) is 9.51. The van der Waals surface area contributed by atoms with Gasteiger partial charge in [0.1, 0.15) is 12.1 Å². The van der Waals surface area contributed by atoms with Gasteiger partial charge in [-0.3, -0.25) is 5.73 Å². The fraction of sp³-hybridized carbons (Fsp3) is 0.125. The number of hydrogen-bond donors (Lipinski definition) is 2. The Morgan fingerprint density at radius 1 is 1.17 bits per heavy atom. The smallest absolute Gasteiger partial charge is 0.340 e. The Morgan fingerprint density at radius 2 is 1.83 bits per heavy atom. The van der Waals surface area contributed by atoms with Crippen molar-refractivity contribution in [2.24, 2.45) is 5.73 Å². The van der Waals surface area contributed by atoms with Crippen LogP contribution in [0.15, 0.2) is 45.3 Å². The van der Waals surface area contributed by atoms with Gasteiger partial charge in [-0.2, -0.15) is 0 Å². The van der Waals surface area contributed by atoms with E-state index in [2.05, 4.69) is 31.9 Å². The summed E-state index contributed by atoms with van der Waals surface area (Å²) in [5.41, 5.74) is 9.35. The van der Waals surface area contributed by atoms with E-state index in [1.54, 1.807) is 6.07 Å². The monoisotopic (exact) mass is 502 g/mol. The van der Waals surface area contributed by atoms with E-state index in [0.29, 0.717) is 33.4 Å². The zero-order chi connectivity index (χ0) is 15.9. The molecule has 23 heavy (non-hydrogen) atoms. The number of halogens is 3. The van der Waals surface area contributed by atoms with Crippen LogP contribution in [0.2, 0.25) is 0 Å². The molecule has 0 fully saturated rings. The number of nitrogens with zero attached hydrogens (tertiary/aromatic N) is 1. The largest absolute Gasteiger partial charge is 1.00 e. The highest BCUT2D eigenvalue weighted by Gasteiger charge is 2.27. The molecule has 0 radical (unpaired) electrons. The van der Waals surface area contributed by atoms with Gasteiger partial charge in [0.25, 0.3) is 5.84 Å². The van der Waals surface area contributed by atoms with Crippen molar-refractivity contribution in [1.82, 2.24) is 0 Å². The van der Waals surface area contributed by atoms with E-state index >= 15 is 0 Å². The number of fused-ring (bicyclic) bond motifs is 1. The summed E-state index contributed by atoms with van der Waals surface area (Å²) in [6.45, 7) is 0.558. The highest BCUT2D eigenvalue weighted by atomic mass is 79.9. The molecule has 0 aliphatic carbocycles. The van der Waals surface area contributed by atoms with Gasteiger partial charge >= 0.3 is 5.97 Å². The van der Waals surface area contributed by atoms with E-state index < -0.39 is 5.97 Å². The average molecular weight is 505 g/mol. The molecule has 0 spiro atoms. The van der Waals surface area contributed by atoms with Crippen LogP contribution in [0.1, 0.15) is 21.5 Å². The van der Waals surface area contributed by atoms with Crippen LogP contribution >= 0.6 is 31.9 Å². The summed E-state index contributed by atoms with van der Waals surface area (Å²) in [4.78, 5) is 11.6. The first-order valence-electron chi connectivity index (χ1n) is 6.65. The molecule has 0 bridgehead atoms. The van der Waals surface area contributed by atoms with Gasteiger partial charge in [0.2, 0.25) is 0 Å². The molecule has 0 amide bonds. The van der Waals surface area contributed by atoms with E-state index in [1.165, 1.54) is 5.56 Å². The molecule has 2 aromatic rings. The fourth-order valence-electron chi connectivity index (χ4n) is 2.67. The van der Waals surface area contributed by atoms with Crippen LogP contribution < -0.4 is 22.7 Å². The van der Waals surface area contributed by atoms with Crippen molar-refractivity contribution in [3.8, 4) is 0 Å². The molecule has 4 nitrogen and oxygen atoms in total. The van der Waals surface area contributed by atoms with Gasteiger partial charge < -0.3 is 22.1 Å². The second kappa shape index (κ2) is 7.15. The van der Waals surface area contributed by atoms with Crippen LogP contribution in [0.3, 0.4) is 0 Å². The Labute approximate surface area is 161 Å². The molecule has 0 unspecified atom stereocenters. The lowest BCUT2D eigenvalue weighted by Crippen LogP contribution is -3.00. The zero-order valence-electron chi connectivity index (χ0n) is 11.9. The summed E-state index contributed by atoms with van der Waals surface area (Å²) in [6.07, 6.45) is 0.609. The third kappa shape index (κ3) is 3.51. The van der Waals surface area contributed by atoms with Crippen molar-refractivity contribution >= 4 is 49.4 Å². The van der Waals surface area contributed by atoms with Gasteiger partial charge in [-0.1, -0.05) is 40.2 Å². The van der Waals surface area contributed by atoms with Crippen LogP contribution in [0.5, 0.6) is 0 Å². The molecule has 1 heterocycles. The first kappa shape index (κ1) is 18.2. The van der Waals surface area contributed by atoms with E-state index in [0.717, 1.165) is 5.56 Å². The highest BCUT2D eigenvalue weighted by Crippen LogP contribution is 2.35. The van der Waals surface area contributed by atoms with Crippen LogP contribution in [0.25, 0.3) is 0 Å². The minimum Gasteiger partial charge on any atom is -1.00 e. The summed E-state index contributed by atoms with van der Waals surface area (Å²) < 4.78 is 3.26. The first-order valence-corrected chi connectivity index (χ1v) is 8.24. The number of nitrogens with two attached hydrogens (primary N) is 1. The lowest BCUT2D eigenvalue weighted by Gasteiger charge is -2.20. The number of carbonyl (C=O) groups is 1. The van der Waals surface area contributed by atoms with Gasteiger partial charge in [0.05, 0.1) is 10.9 Å². The predicted octanol–water partition coefficient (Wildman–Crippen LogP) is 0.671. The normalized spacial score (nSPS) is 13.3. The molecule has 0 saturated heterocycles. The van der Waals surface area contributed by atoms with Gasteiger partial charge in [-0.15, -0.1) is 0 Å². The standard InChI is InChI=1S/C16H12Br2N2O2.BrH/c17-11-6-12(16(21)22)15(13(18)7-11)20-8-10-4-2-1-3-9(10)5-14(20)19;/h1-4,6-7,19H,5,8H2,(H,21,22);1H. The summed E-state index contributed by atoms with van der Waals surface area (Å²) in [6, 6.07) is 11.5. The molecule has 1 aliphatic rings. The van der Waals surface area contributed by atoms with Crippen LogP contribution in [0, 0.1) is 0 Å². The Bertz CT molecular complexity index is 819. The van der Waals surface area contributed by atoms with Gasteiger partial charge in [-0.05, 0) is 39.2 Å². The SMILES string of the molecule is NC1=[N+](c2c(Br)cc(Br)cc2C(=O)O)Cc2ccccc2C1.[Br-]. The molecule has 2 aromatic carbocycles. The predicted molar refractivity (Wildman–Crippen MR) is 91.8 cm³/mol. The molecule has 3 rings (SSSR count). The Balaban J connectivity index is 0.00000192. The summed E-state index contributed by atoms with van der Waals surface area (Å²) in [7, 11) is 0. The molecule has 0 aromatic heterocycles. The van der Waals surface area contributed by atoms with Crippen molar-refractivity contribution < 1.29 is 31.5 Å². The molecule has 0 saturated carbocycles. The molecule has 3 N–H and O–H groups in total. The molecule has 7 heteroatoms. The third-order valence-corrected chi connectivity index (χ3v) is 4.76. The van der Waals surface area contributed by atoms with Crippen LogP contribution in [-0.4, -0.2) is 21.5 Å². The van der Waals surface area contributed by atoms with Gasteiger partial charge in [-0.25, -0.2) is 9.37 Å².